The minimum absolute atomic E-state index is 0.146. The zero-order chi connectivity index (χ0) is 22.1. The van der Waals surface area contributed by atoms with Gasteiger partial charge in [-0.3, -0.25) is 14.5 Å². The largest absolute Gasteiger partial charge is 0.480 e. The topological polar surface area (TPSA) is 110 Å². The van der Waals surface area contributed by atoms with E-state index in [1.54, 1.807) is 30.4 Å². The molecule has 2 unspecified atom stereocenters. The molecule has 9 heteroatoms. The summed E-state index contributed by atoms with van der Waals surface area (Å²) in [7, 11) is 0. The van der Waals surface area contributed by atoms with Crippen LogP contribution in [0.15, 0.2) is 35.2 Å². The minimum Gasteiger partial charge on any atom is -0.480 e. The number of likely N-dealkylation sites (tertiary alicyclic amines) is 1. The lowest BCUT2D eigenvalue weighted by molar-refractivity contribution is -0.162. The Kier molecular flexibility index (Phi) is 9.67. The first kappa shape index (κ1) is 24.7. The fraction of sp³-hybridized carbons (Fsp3) is 0.571. The van der Waals surface area contributed by atoms with Gasteiger partial charge in [-0.1, -0.05) is 18.2 Å². The fourth-order valence-electron chi connectivity index (χ4n) is 3.69. The van der Waals surface area contributed by atoms with E-state index < -0.39 is 35.3 Å². The third-order valence-electron chi connectivity index (χ3n) is 5.05. The van der Waals surface area contributed by atoms with Crippen LogP contribution in [-0.2, 0) is 19.1 Å². The van der Waals surface area contributed by atoms with Crippen molar-refractivity contribution in [2.45, 2.75) is 49.2 Å². The van der Waals surface area contributed by atoms with E-state index in [0.717, 1.165) is 11.5 Å². The average molecular weight is 455 g/mol. The lowest BCUT2D eigenvalue weighted by Crippen LogP contribution is -2.65. The SMILES string of the molecule is CCOC(=O)[C@H](CSCCSc1ccccc1)N1CCCC1(C(=O)O)C(=O)C(C)N. The number of carbonyl (C=O) groups excluding carboxylic acids is 2. The Labute approximate surface area is 186 Å². The molecule has 1 saturated heterocycles. The Hall–Kier alpha value is -1.55. The molecule has 0 bridgehead atoms. The van der Waals surface area contributed by atoms with Crippen molar-refractivity contribution in [2.75, 3.05) is 30.4 Å². The van der Waals surface area contributed by atoms with Crippen LogP contribution in [0.1, 0.15) is 26.7 Å². The van der Waals surface area contributed by atoms with Gasteiger partial charge in [0.05, 0.1) is 12.6 Å². The summed E-state index contributed by atoms with van der Waals surface area (Å²) in [6.07, 6.45) is 0.655. The van der Waals surface area contributed by atoms with E-state index in [1.165, 1.54) is 16.7 Å². The third kappa shape index (κ3) is 5.78. The van der Waals surface area contributed by atoms with Crippen LogP contribution in [-0.4, -0.2) is 75.8 Å². The Morgan fingerprint density at radius 1 is 1.27 bits per heavy atom. The van der Waals surface area contributed by atoms with Gasteiger partial charge in [0.25, 0.3) is 0 Å². The van der Waals surface area contributed by atoms with Gasteiger partial charge < -0.3 is 15.6 Å². The summed E-state index contributed by atoms with van der Waals surface area (Å²) >= 11 is 3.28. The maximum atomic E-state index is 12.8. The Balaban J connectivity index is 2.09. The van der Waals surface area contributed by atoms with E-state index in [-0.39, 0.29) is 13.0 Å². The van der Waals surface area contributed by atoms with Crippen molar-refractivity contribution in [3.05, 3.63) is 30.3 Å². The van der Waals surface area contributed by atoms with Crippen LogP contribution in [0.4, 0.5) is 0 Å². The van der Waals surface area contributed by atoms with E-state index in [4.69, 9.17) is 10.5 Å². The van der Waals surface area contributed by atoms with Crippen molar-refractivity contribution < 1.29 is 24.2 Å². The summed E-state index contributed by atoms with van der Waals surface area (Å²) in [6.45, 7) is 3.73. The lowest BCUT2D eigenvalue weighted by atomic mass is 9.86. The van der Waals surface area contributed by atoms with Gasteiger partial charge in [0.15, 0.2) is 11.3 Å². The second-order valence-electron chi connectivity index (χ2n) is 7.12. The molecular weight excluding hydrogens is 424 g/mol. The number of nitrogens with zero attached hydrogens (tertiary/aromatic N) is 1. The summed E-state index contributed by atoms with van der Waals surface area (Å²) in [4.78, 5) is 40.4. The smallest absolute Gasteiger partial charge is 0.332 e. The van der Waals surface area contributed by atoms with Gasteiger partial charge in [-0.15, -0.1) is 11.8 Å². The monoisotopic (exact) mass is 454 g/mol. The first-order chi connectivity index (χ1) is 14.3. The highest BCUT2D eigenvalue weighted by Crippen LogP contribution is 2.35. The normalized spacial score (nSPS) is 21.2. The molecule has 1 aromatic rings. The molecule has 1 aliphatic rings. The highest BCUT2D eigenvalue weighted by Gasteiger charge is 2.57. The molecule has 1 fully saturated rings. The molecule has 0 radical (unpaired) electrons. The molecule has 3 atom stereocenters. The van der Waals surface area contributed by atoms with Crippen molar-refractivity contribution >= 4 is 41.2 Å². The van der Waals surface area contributed by atoms with Gasteiger partial charge in [0, 0.05) is 28.7 Å². The molecule has 0 saturated carbocycles. The van der Waals surface area contributed by atoms with Crippen molar-refractivity contribution in [1.82, 2.24) is 4.90 Å². The number of rotatable bonds is 12. The summed E-state index contributed by atoms with van der Waals surface area (Å²) in [5.41, 5.74) is 3.99. The number of thioether (sulfide) groups is 2. The van der Waals surface area contributed by atoms with E-state index in [1.807, 2.05) is 30.3 Å². The minimum atomic E-state index is -1.77. The van der Waals surface area contributed by atoms with Gasteiger partial charge in [-0.2, -0.15) is 11.8 Å². The summed E-state index contributed by atoms with van der Waals surface area (Å²) in [5, 5.41) is 9.97. The van der Waals surface area contributed by atoms with Crippen molar-refractivity contribution in [2.24, 2.45) is 5.73 Å². The quantitative estimate of drug-likeness (QED) is 0.213. The van der Waals surface area contributed by atoms with Crippen LogP contribution in [0.25, 0.3) is 0 Å². The molecule has 7 nitrogen and oxygen atoms in total. The van der Waals surface area contributed by atoms with Gasteiger partial charge in [-0.05, 0) is 38.8 Å². The number of carbonyl (C=O) groups is 3. The summed E-state index contributed by atoms with van der Waals surface area (Å²) in [5.74, 6) is -0.314. The number of esters is 1. The molecule has 166 valence electrons. The lowest BCUT2D eigenvalue weighted by Gasteiger charge is -2.38. The first-order valence-corrected chi connectivity index (χ1v) is 12.2. The Morgan fingerprint density at radius 2 is 1.97 bits per heavy atom. The van der Waals surface area contributed by atoms with Crippen LogP contribution >= 0.6 is 23.5 Å². The number of benzene rings is 1. The molecule has 2 rings (SSSR count). The predicted molar refractivity (Wildman–Crippen MR) is 120 cm³/mol. The maximum Gasteiger partial charge on any atom is 0.332 e. The standard InChI is InChI=1S/C21H30N2O5S2/c1-3-28-19(25)17(14-29-12-13-30-16-8-5-4-6-9-16)23-11-7-10-21(23,20(26)27)18(24)15(2)22/h4-6,8-9,15,17H,3,7,10-14,22H2,1-2H3,(H,26,27)/t15?,17-,21?/m0/s1. The van der Waals surface area contributed by atoms with Crippen LogP contribution in [0.2, 0.25) is 0 Å². The number of nitrogens with two attached hydrogens (primary N) is 1. The molecule has 0 aliphatic carbocycles. The van der Waals surface area contributed by atoms with E-state index in [9.17, 15) is 19.5 Å². The Morgan fingerprint density at radius 3 is 2.57 bits per heavy atom. The molecule has 1 heterocycles. The van der Waals surface area contributed by atoms with Gasteiger partial charge in [0.2, 0.25) is 0 Å². The average Bonchev–Trinajstić information content (AvgIpc) is 3.16. The number of hydrogen-bond acceptors (Lipinski definition) is 8. The predicted octanol–water partition coefficient (Wildman–Crippen LogP) is 2.28. The number of carboxylic acid groups (broad SMARTS) is 1. The number of carboxylic acids is 1. The summed E-state index contributed by atoms with van der Waals surface area (Å²) in [6, 6.07) is 8.29. The summed E-state index contributed by atoms with van der Waals surface area (Å²) < 4.78 is 5.22. The van der Waals surface area contributed by atoms with E-state index in [0.29, 0.717) is 18.7 Å². The number of ether oxygens (including phenoxy) is 1. The molecule has 1 aromatic carbocycles. The first-order valence-electron chi connectivity index (χ1n) is 10.1. The van der Waals surface area contributed by atoms with E-state index >= 15 is 0 Å². The second-order valence-corrected chi connectivity index (χ2v) is 9.44. The van der Waals surface area contributed by atoms with Crippen LogP contribution in [0.5, 0.6) is 0 Å². The highest BCUT2D eigenvalue weighted by molar-refractivity contribution is 8.03. The van der Waals surface area contributed by atoms with Crippen molar-refractivity contribution in [3.8, 4) is 0 Å². The molecule has 3 N–H and O–H groups in total. The van der Waals surface area contributed by atoms with E-state index in [2.05, 4.69) is 0 Å². The van der Waals surface area contributed by atoms with Crippen LogP contribution < -0.4 is 5.73 Å². The molecule has 0 aromatic heterocycles. The maximum absolute atomic E-state index is 12.8. The zero-order valence-electron chi connectivity index (χ0n) is 17.4. The van der Waals surface area contributed by atoms with Gasteiger partial charge in [-0.25, -0.2) is 4.79 Å². The highest BCUT2D eigenvalue weighted by atomic mass is 32.2. The van der Waals surface area contributed by atoms with Crippen LogP contribution in [0, 0.1) is 0 Å². The fourth-order valence-corrected chi connectivity index (χ4v) is 5.79. The molecular formula is C21H30N2O5S2. The van der Waals surface area contributed by atoms with Crippen molar-refractivity contribution in [1.29, 1.82) is 0 Å². The van der Waals surface area contributed by atoms with Gasteiger partial charge in [0.1, 0.15) is 6.04 Å². The van der Waals surface area contributed by atoms with Crippen molar-refractivity contribution in [3.63, 3.8) is 0 Å². The molecule has 0 amide bonds. The Bertz CT molecular complexity index is 731. The van der Waals surface area contributed by atoms with Crippen LogP contribution in [0.3, 0.4) is 0 Å². The number of Topliss-reactive ketones (excluding diaryl/α,β-unsaturated/α-hetero) is 1. The molecule has 1 aliphatic heterocycles. The zero-order valence-corrected chi connectivity index (χ0v) is 19.0. The molecule has 0 spiro atoms. The second kappa shape index (κ2) is 11.7. The van der Waals surface area contributed by atoms with Gasteiger partial charge >= 0.3 is 11.9 Å². The molecule has 30 heavy (non-hydrogen) atoms. The number of hydrogen-bond donors (Lipinski definition) is 2. The number of aliphatic carboxylic acids is 1. The number of ketones is 1. The third-order valence-corrected chi connectivity index (χ3v) is 7.37.